The fourth-order valence-electron chi connectivity index (χ4n) is 2.68. The smallest absolute Gasteiger partial charge is 0.239 e. The Morgan fingerprint density at radius 2 is 1.96 bits per heavy atom. The van der Waals surface area contributed by atoms with E-state index in [4.69, 9.17) is 11.6 Å². The molecule has 23 heavy (non-hydrogen) atoms. The molecule has 0 aromatic heterocycles. The predicted molar refractivity (Wildman–Crippen MR) is 90.5 cm³/mol. The normalized spacial score (nSPS) is 18.3. The molecule has 1 aliphatic rings. The highest BCUT2D eigenvalue weighted by Crippen LogP contribution is 2.26. The Kier molecular flexibility index (Phi) is 5.65. The Balaban J connectivity index is 1.98. The van der Waals surface area contributed by atoms with Gasteiger partial charge in [0.2, 0.25) is 11.8 Å². The zero-order chi connectivity index (χ0) is 17.0. The minimum atomic E-state index is -0.910. The SMILES string of the molecule is CCC(O)(CC)CNC(=O)C1CCN(c2ccc(Cl)cc2)C1=O. The van der Waals surface area contributed by atoms with Crippen LogP contribution in [-0.4, -0.2) is 35.6 Å². The van der Waals surface area contributed by atoms with Gasteiger partial charge in [0, 0.05) is 23.8 Å². The summed E-state index contributed by atoms with van der Waals surface area (Å²) in [5, 5.41) is 13.5. The molecule has 0 radical (unpaired) electrons. The van der Waals surface area contributed by atoms with E-state index >= 15 is 0 Å². The van der Waals surface area contributed by atoms with Crippen LogP contribution in [0.1, 0.15) is 33.1 Å². The van der Waals surface area contributed by atoms with Crippen molar-refractivity contribution >= 4 is 29.1 Å². The molecule has 1 saturated heterocycles. The number of nitrogens with zero attached hydrogens (tertiary/aromatic N) is 1. The number of rotatable bonds is 6. The maximum absolute atomic E-state index is 12.5. The summed E-state index contributed by atoms with van der Waals surface area (Å²) in [4.78, 5) is 26.3. The number of amides is 2. The zero-order valence-corrected chi connectivity index (χ0v) is 14.3. The molecule has 2 rings (SSSR count). The fourth-order valence-corrected chi connectivity index (χ4v) is 2.80. The standard InChI is InChI=1S/C17H23ClN2O3/c1-3-17(23,4-2)11-19-15(21)14-9-10-20(16(14)22)13-7-5-12(18)6-8-13/h5-8,14,23H,3-4,9-11H2,1-2H3,(H,19,21). The molecule has 126 valence electrons. The predicted octanol–water partition coefficient (Wildman–Crippen LogP) is 2.36. The van der Waals surface area contributed by atoms with Crippen molar-refractivity contribution in [3.05, 3.63) is 29.3 Å². The monoisotopic (exact) mass is 338 g/mol. The molecule has 0 spiro atoms. The maximum Gasteiger partial charge on any atom is 0.239 e. The number of carbonyl (C=O) groups is 2. The second-order valence-electron chi connectivity index (χ2n) is 5.96. The van der Waals surface area contributed by atoms with Crippen LogP contribution in [0.3, 0.4) is 0 Å². The number of carbonyl (C=O) groups excluding carboxylic acids is 2. The van der Waals surface area contributed by atoms with Gasteiger partial charge in [-0.3, -0.25) is 9.59 Å². The Labute approximate surface area is 141 Å². The summed E-state index contributed by atoms with van der Waals surface area (Å²) in [6, 6.07) is 6.99. The van der Waals surface area contributed by atoms with E-state index in [9.17, 15) is 14.7 Å². The van der Waals surface area contributed by atoms with Crippen molar-refractivity contribution in [3.8, 4) is 0 Å². The van der Waals surface area contributed by atoms with E-state index in [2.05, 4.69) is 5.32 Å². The Morgan fingerprint density at radius 3 is 2.52 bits per heavy atom. The van der Waals surface area contributed by atoms with E-state index in [0.717, 1.165) is 5.69 Å². The molecule has 0 bridgehead atoms. The number of hydrogen-bond donors (Lipinski definition) is 2. The average Bonchev–Trinajstić information content (AvgIpc) is 2.95. The highest BCUT2D eigenvalue weighted by atomic mass is 35.5. The molecule has 0 saturated carbocycles. The van der Waals surface area contributed by atoms with E-state index < -0.39 is 11.5 Å². The molecule has 1 atom stereocenters. The van der Waals surface area contributed by atoms with Gasteiger partial charge in [-0.2, -0.15) is 0 Å². The van der Waals surface area contributed by atoms with Crippen molar-refractivity contribution in [1.82, 2.24) is 5.32 Å². The second kappa shape index (κ2) is 7.32. The number of benzene rings is 1. The molecular weight excluding hydrogens is 316 g/mol. The van der Waals surface area contributed by atoms with Gasteiger partial charge in [-0.15, -0.1) is 0 Å². The van der Waals surface area contributed by atoms with Crippen molar-refractivity contribution in [3.63, 3.8) is 0 Å². The van der Waals surface area contributed by atoms with E-state index in [-0.39, 0.29) is 18.4 Å². The maximum atomic E-state index is 12.5. The summed E-state index contributed by atoms with van der Waals surface area (Å²) >= 11 is 5.85. The van der Waals surface area contributed by atoms with Crippen LogP contribution in [0.15, 0.2) is 24.3 Å². The van der Waals surface area contributed by atoms with Gasteiger partial charge in [-0.25, -0.2) is 0 Å². The van der Waals surface area contributed by atoms with Gasteiger partial charge in [0.05, 0.1) is 5.60 Å². The van der Waals surface area contributed by atoms with Crippen molar-refractivity contribution in [2.24, 2.45) is 5.92 Å². The Hall–Kier alpha value is -1.59. The lowest BCUT2D eigenvalue weighted by molar-refractivity contribution is -0.133. The lowest BCUT2D eigenvalue weighted by Crippen LogP contribution is -2.45. The van der Waals surface area contributed by atoms with Crippen molar-refractivity contribution in [2.75, 3.05) is 18.0 Å². The van der Waals surface area contributed by atoms with Crippen LogP contribution >= 0.6 is 11.6 Å². The van der Waals surface area contributed by atoms with Crippen molar-refractivity contribution in [1.29, 1.82) is 0 Å². The molecule has 1 unspecified atom stereocenters. The summed E-state index contributed by atoms with van der Waals surface area (Å²) in [5.74, 6) is -1.21. The molecule has 1 aliphatic heterocycles. The molecule has 0 aliphatic carbocycles. The van der Waals surface area contributed by atoms with Gasteiger partial charge in [0.1, 0.15) is 5.92 Å². The molecular formula is C17H23ClN2O3. The number of halogens is 1. The molecule has 2 amide bonds. The minimum Gasteiger partial charge on any atom is -0.388 e. The van der Waals surface area contributed by atoms with Crippen molar-refractivity contribution < 1.29 is 14.7 Å². The first-order valence-corrected chi connectivity index (χ1v) is 8.35. The third kappa shape index (κ3) is 4.03. The van der Waals surface area contributed by atoms with Crippen LogP contribution in [0.4, 0.5) is 5.69 Å². The van der Waals surface area contributed by atoms with Gasteiger partial charge in [0.25, 0.3) is 0 Å². The Bertz CT molecular complexity index is 570. The topological polar surface area (TPSA) is 69.6 Å². The third-order valence-corrected chi connectivity index (χ3v) is 4.82. The first kappa shape index (κ1) is 17.8. The largest absolute Gasteiger partial charge is 0.388 e. The molecule has 6 heteroatoms. The van der Waals surface area contributed by atoms with E-state index in [1.165, 1.54) is 0 Å². The molecule has 2 N–H and O–H groups in total. The quantitative estimate of drug-likeness (QED) is 0.782. The molecule has 1 aromatic rings. The van der Waals surface area contributed by atoms with E-state index in [0.29, 0.717) is 30.8 Å². The fraction of sp³-hybridized carbons (Fsp3) is 0.529. The van der Waals surface area contributed by atoms with Crippen LogP contribution in [0, 0.1) is 5.92 Å². The van der Waals surface area contributed by atoms with Gasteiger partial charge in [-0.05, 0) is 43.5 Å². The summed E-state index contributed by atoms with van der Waals surface area (Å²) in [6.07, 6.45) is 1.59. The van der Waals surface area contributed by atoms with Gasteiger partial charge < -0.3 is 15.3 Å². The molecule has 1 fully saturated rings. The Morgan fingerprint density at radius 1 is 1.35 bits per heavy atom. The van der Waals surface area contributed by atoms with Crippen LogP contribution in [-0.2, 0) is 9.59 Å². The summed E-state index contributed by atoms with van der Waals surface area (Å²) < 4.78 is 0. The highest BCUT2D eigenvalue weighted by molar-refractivity contribution is 6.30. The zero-order valence-electron chi connectivity index (χ0n) is 13.5. The lowest BCUT2D eigenvalue weighted by Gasteiger charge is -2.26. The van der Waals surface area contributed by atoms with Crippen molar-refractivity contribution in [2.45, 2.75) is 38.7 Å². The van der Waals surface area contributed by atoms with Crippen LogP contribution in [0.2, 0.25) is 5.02 Å². The average molecular weight is 339 g/mol. The first-order valence-electron chi connectivity index (χ1n) is 7.97. The molecule has 1 heterocycles. The van der Waals surface area contributed by atoms with Crippen LogP contribution < -0.4 is 10.2 Å². The number of anilines is 1. The highest BCUT2D eigenvalue weighted by Gasteiger charge is 2.38. The van der Waals surface area contributed by atoms with Gasteiger partial charge in [0.15, 0.2) is 0 Å². The second-order valence-corrected chi connectivity index (χ2v) is 6.39. The number of hydrogen-bond acceptors (Lipinski definition) is 3. The number of nitrogens with one attached hydrogen (secondary N) is 1. The first-order chi connectivity index (χ1) is 10.9. The molecule has 5 nitrogen and oxygen atoms in total. The summed E-state index contributed by atoms with van der Waals surface area (Å²) in [7, 11) is 0. The number of aliphatic hydroxyl groups is 1. The molecule has 1 aromatic carbocycles. The lowest BCUT2D eigenvalue weighted by atomic mass is 9.97. The van der Waals surface area contributed by atoms with Crippen LogP contribution in [0.5, 0.6) is 0 Å². The third-order valence-electron chi connectivity index (χ3n) is 4.57. The van der Waals surface area contributed by atoms with E-state index in [1.807, 2.05) is 13.8 Å². The van der Waals surface area contributed by atoms with Crippen LogP contribution in [0.25, 0.3) is 0 Å². The minimum absolute atomic E-state index is 0.170. The van der Waals surface area contributed by atoms with Gasteiger partial charge in [-0.1, -0.05) is 25.4 Å². The summed E-state index contributed by atoms with van der Waals surface area (Å²) in [5.41, 5.74) is -0.166. The van der Waals surface area contributed by atoms with E-state index in [1.54, 1.807) is 29.2 Å². The summed E-state index contributed by atoms with van der Waals surface area (Å²) in [6.45, 7) is 4.42. The van der Waals surface area contributed by atoms with Gasteiger partial charge >= 0.3 is 0 Å².